The Morgan fingerprint density at radius 1 is 0.711 bits per heavy atom. The van der Waals surface area contributed by atoms with Crippen LogP contribution in [0.3, 0.4) is 0 Å². The van der Waals surface area contributed by atoms with Crippen molar-refractivity contribution in [2.75, 3.05) is 0 Å². The van der Waals surface area contributed by atoms with Gasteiger partial charge in [-0.05, 0) is 26.7 Å². The van der Waals surface area contributed by atoms with E-state index in [2.05, 4.69) is 19.9 Å². The van der Waals surface area contributed by atoms with Crippen molar-refractivity contribution in [3.05, 3.63) is 53.3 Å². The summed E-state index contributed by atoms with van der Waals surface area (Å²) in [5.74, 6) is 1.23. The topological polar surface area (TPSA) is 166 Å². The number of nitrogens with one attached hydrogen (secondary N) is 2. The molecule has 0 aliphatic rings. The molecular weight excluding hydrogens is 516 g/mol. The minimum Gasteiger partial charge on any atom is -0.388 e. The lowest BCUT2D eigenvalue weighted by Gasteiger charge is -2.05. The summed E-state index contributed by atoms with van der Waals surface area (Å²) >= 11 is 5.85. The number of aliphatic hydroxyl groups excluding tert-OH is 1. The Kier molecular flexibility index (Phi) is 9.86. The Morgan fingerprint density at radius 3 is 1.50 bits per heavy atom. The highest BCUT2D eigenvalue weighted by Crippen LogP contribution is 2.14. The van der Waals surface area contributed by atoms with Crippen LogP contribution < -0.4 is 22.5 Å². The minimum absolute atomic E-state index is 0.212. The van der Waals surface area contributed by atoms with Crippen LogP contribution in [0, 0.1) is 0 Å². The highest BCUT2D eigenvalue weighted by Gasteiger charge is 2.18. The van der Waals surface area contributed by atoms with E-state index in [1.165, 1.54) is 9.13 Å². The molecule has 0 saturated carbocycles. The summed E-state index contributed by atoms with van der Waals surface area (Å²) in [5.41, 5.74) is -0.159. The molecule has 38 heavy (non-hydrogen) atoms. The van der Waals surface area contributed by atoms with Crippen LogP contribution in [0.25, 0.3) is 22.3 Å². The van der Waals surface area contributed by atoms with Gasteiger partial charge < -0.3 is 14.2 Å². The molecule has 208 valence electrons. The van der Waals surface area contributed by atoms with Crippen LogP contribution in [0.2, 0.25) is 0 Å². The van der Waals surface area contributed by atoms with E-state index in [9.17, 15) is 24.3 Å². The van der Waals surface area contributed by atoms with E-state index in [4.69, 9.17) is 11.6 Å². The van der Waals surface area contributed by atoms with Gasteiger partial charge >= 0.3 is 11.4 Å². The number of imidazole rings is 2. The zero-order chi connectivity index (χ0) is 28.0. The van der Waals surface area contributed by atoms with Gasteiger partial charge in [0.25, 0.3) is 11.1 Å². The lowest BCUT2D eigenvalue weighted by molar-refractivity contribution is 0.266. The van der Waals surface area contributed by atoms with Crippen LogP contribution in [0.5, 0.6) is 0 Å². The first-order valence-corrected chi connectivity index (χ1v) is 13.4. The zero-order valence-electron chi connectivity index (χ0n) is 22.2. The summed E-state index contributed by atoms with van der Waals surface area (Å²) in [5, 5.41) is 9.29. The highest BCUT2D eigenvalue weighted by atomic mass is 35.5. The van der Waals surface area contributed by atoms with Crippen LogP contribution in [-0.2, 0) is 38.7 Å². The number of H-pyrrole nitrogens is 2. The third kappa shape index (κ3) is 5.53. The fourth-order valence-corrected chi connectivity index (χ4v) is 4.59. The number of halogens is 1. The normalized spacial score (nSPS) is 11.3. The summed E-state index contributed by atoms with van der Waals surface area (Å²) < 4.78 is 6.37. The standard InChI is InChI=1S/C12H17ClN4O2.C12H18N4O3/c1-3-5-6-17-10-9(11(18)15-12(17)19)16(4-2)8(7-13)14-10;1-3-5-6-16-10-9(11(18)14-12(16)19)15(4-2)8(7-17)13-10/h3-7H2,1-2H3,(H,15,18,19);17H,3-7H2,1-2H3,(H,14,18,19). The second kappa shape index (κ2) is 12.9. The average molecular weight is 551 g/mol. The highest BCUT2D eigenvalue weighted by molar-refractivity contribution is 6.16. The van der Waals surface area contributed by atoms with Gasteiger partial charge in [-0.2, -0.15) is 0 Å². The van der Waals surface area contributed by atoms with Crippen LogP contribution in [0.15, 0.2) is 19.2 Å². The lowest BCUT2D eigenvalue weighted by atomic mass is 10.3. The van der Waals surface area contributed by atoms with Gasteiger partial charge in [0, 0.05) is 26.2 Å². The molecule has 0 amide bonds. The van der Waals surface area contributed by atoms with Gasteiger partial charge in [-0.25, -0.2) is 19.6 Å². The maximum atomic E-state index is 12.0. The predicted octanol–water partition coefficient (Wildman–Crippen LogP) is 1.64. The molecule has 4 aromatic rings. The van der Waals surface area contributed by atoms with Crippen molar-refractivity contribution >= 4 is 33.9 Å². The van der Waals surface area contributed by atoms with E-state index in [1.54, 1.807) is 9.13 Å². The number of fused-ring (bicyclic) bond motifs is 2. The molecule has 0 radical (unpaired) electrons. The molecule has 0 fully saturated rings. The molecule has 0 aliphatic heterocycles. The van der Waals surface area contributed by atoms with Gasteiger partial charge in [-0.1, -0.05) is 26.7 Å². The average Bonchev–Trinajstić information content (AvgIpc) is 3.47. The van der Waals surface area contributed by atoms with Crippen molar-refractivity contribution in [1.82, 2.24) is 38.2 Å². The van der Waals surface area contributed by atoms with E-state index >= 15 is 0 Å². The zero-order valence-corrected chi connectivity index (χ0v) is 23.0. The van der Waals surface area contributed by atoms with Crippen molar-refractivity contribution in [2.24, 2.45) is 0 Å². The Bertz CT molecular complexity index is 1520. The van der Waals surface area contributed by atoms with Gasteiger partial charge in [0.15, 0.2) is 22.3 Å². The fourth-order valence-electron chi connectivity index (χ4n) is 4.39. The fraction of sp³-hybridized carbons (Fsp3) is 0.583. The maximum Gasteiger partial charge on any atom is 0.330 e. The Balaban J connectivity index is 0.000000211. The van der Waals surface area contributed by atoms with E-state index in [0.29, 0.717) is 60.2 Å². The van der Waals surface area contributed by atoms with Crippen LogP contribution in [-0.4, -0.2) is 43.3 Å². The number of hydrogen-bond acceptors (Lipinski definition) is 7. The number of aromatic amines is 2. The third-order valence-corrected chi connectivity index (χ3v) is 6.53. The Hall–Kier alpha value is -3.45. The second-order valence-electron chi connectivity index (χ2n) is 8.71. The SMILES string of the molecule is CCCCn1c(=O)[nH]c(=O)c2c1nc(CCl)n2CC.CCCCn1c(=O)[nH]c(=O)c2c1nc(CO)n2CC. The number of aromatic nitrogens is 8. The number of hydrogen-bond donors (Lipinski definition) is 3. The first kappa shape index (κ1) is 29.1. The molecular formula is C24H35ClN8O5. The summed E-state index contributed by atoms with van der Waals surface area (Å²) in [4.78, 5) is 60.9. The molecule has 0 aliphatic carbocycles. The van der Waals surface area contributed by atoms with Crippen molar-refractivity contribution in [3.63, 3.8) is 0 Å². The van der Waals surface area contributed by atoms with E-state index in [0.717, 1.165) is 25.7 Å². The van der Waals surface area contributed by atoms with E-state index < -0.39 is 22.5 Å². The van der Waals surface area contributed by atoms with Crippen LogP contribution >= 0.6 is 11.6 Å². The molecule has 3 N–H and O–H groups in total. The van der Waals surface area contributed by atoms with Crippen LogP contribution in [0.1, 0.15) is 65.0 Å². The predicted molar refractivity (Wildman–Crippen MR) is 146 cm³/mol. The molecule has 4 rings (SSSR count). The number of rotatable bonds is 10. The van der Waals surface area contributed by atoms with Gasteiger partial charge in [-0.15, -0.1) is 11.6 Å². The number of aryl methyl sites for hydroxylation is 4. The minimum atomic E-state index is -0.457. The summed E-state index contributed by atoms with van der Waals surface area (Å²) in [7, 11) is 0. The molecule has 0 unspecified atom stereocenters. The van der Waals surface area contributed by atoms with Gasteiger partial charge in [0.1, 0.15) is 18.3 Å². The molecule has 0 atom stereocenters. The Labute approximate surface area is 222 Å². The molecule has 14 heteroatoms. The van der Waals surface area contributed by atoms with Gasteiger partial charge in [-0.3, -0.25) is 28.7 Å². The summed E-state index contributed by atoms with van der Waals surface area (Å²) in [6.45, 7) is 9.75. The molecule has 0 aromatic carbocycles. The molecule has 4 heterocycles. The quantitative estimate of drug-likeness (QED) is 0.252. The first-order valence-electron chi connectivity index (χ1n) is 12.9. The summed E-state index contributed by atoms with van der Waals surface area (Å²) in [6, 6.07) is 0. The molecule has 0 bridgehead atoms. The monoisotopic (exact) mass is 550 g/mol. The maximum absolute atomic E-state index is 12.0. The number of aliphatic hydroxyl groups is 1. The Morgan fingerprint density at radius 2 is 1.13 bits per heavy atom. The van der Waals surface area contributed by atoms with Gasteiger partial charge in [0.05, 0.1) is 5.88 Å². The number of nitrogens with zero attached hydrogens (tertiary/aromatic N) is 6. The van der Waals surface area contributed by atoms with Crippen LogP contribution in [0.4, 0.5) is 0 Å². The number of unbranched alkanes of at least 4 members (excludes halogenated alkanes) is 2. The second-order valence-corrected chi connectivity index (χ2v) is 8.98. The molecule has 13 nitrogen and oxygen atoms in total. The van der Waals surface area contributed by atoms with E-state index in [-0.39, 0.29) is 12.5 Å². The number of alkyl halides is 1. The van der Waals surface area contributed by atoms with Crippen molar-refractivity contribution in [3.8, 4) is 0 Å². The molecule has 0 spiro atoms. The molecule has 0 saturated heterocycles. The lowest BCUT2D eigenvalue weighted by Crippen LogP contribution is -2.31. The third-order valence-electron chi connectivity index (χ3n) is 6.29. The van der Waals surface area contributed by atoms with Crippen molar-refractivity contribution in [2.45, 2.75) is 92.0 Å². The van der Waals surface area contributed by atoms with Gasteiger partial charge in [0.2, 0.25) is 0 Å². The first-order chi connectivity index (χ1) is 18.3. The van der Waals surface area contributed by atoms with Crippen molar-refractivity contribution in [1.29, 1.82) is 0 Å². The smallest absolute Gasteiger partial charge is 0.330 e. The van der Waals surface area contributed by atoms with Crippen molar-refractivity contribution < 1.29 is 5.11 Å². The molecule has 4 aromatic heterocycles. The summed E-state index contributed by atoms with van der Waals surface area (Å²) in [6.07, 6.45) is 3.59. The van der Waals surface area contributed by atoms with E-state index in [1.807, 2.05) is 27.7 Å². The largest absolute Gasteiger partial charge is 0.388 e.